The second-order valence-corrected chi connectivity index (χ2v) is 7.19. The number of ether oxygens (including phenoxy) is 1. The molecule has 1 saturated carbocycles. The summed E-state index contributed by atoms with van der Waals surface area (Å²) >= 11 is 0. The Labute approximate surface area is 118 Å². The number of methoxy groups -OCH3 is 1. The molecule has 3 nitrogen and oxygen atoms in total. The molecule has 0 bridgehead atoms. The number of carbonyl (C=O) groups excluding carboxylic acids is 1. The number of carbonyl (C=O) groups is 1. The topological polar surface area (TPSA) is 52.3 Å². The highest BCUT2D eigenvalue weighted by atomic mass is 16.5. The molecular weight excluding hydrogens is 238 g/mol. The molecule has 112 valence electrons. The van der Waals surface area contributed by atoms with Crippen molar-refractivity contribution in [3.8, 4) is 0 Å². The third-order valence-corrected chi connectivity index (χ3v) is 4.65. The third kappa shape index (κ3) is 5.94. The molecule has 0 heterocycles. The highest BCUT2D eigenvalue weighted by Gasteiger charge is 2.30. The Kier molecular flexibility index (Phi) is 6.31. The summed E-state index contributed by atoms with van der Waals surface area (Å²) in [6.07, 6.45) is 7.53. The number of esters is 1. The Morgan fingerprint density at radius 3 is 2.32 bits per heavy atom. The van der Waals surface area contributed by atoms with Gasteiger partial charge >= 0.3 is 5.97 Å². The number of hydrogen-bond acceptors (Lipinski definition) is 3. The van der Waals surface area contributed by atoms with E-state index in [0.717, 1.165) is 24.7 Å². The van der Waals surface area contributed by atoms with Crippen LogP contribution in [0.2, 0.25) is 0 Å². The van der Waals surface area contributed by atoms with Crippen LogP contribution in [-0.4, -0.2) is 19.1 Å². The Balaban J connectivity index is 2.23. The Hall–Kier alpha value is -0.570. The van der Waals surface area contributed by atoms with Crippen LogP contribution in [0.4, 0.5) is 0 Å². The molecule has 0 spiro atoms. The Bertz CT molecular complexity index is 275. The first-order valence-electron chi connectivity index (χ1n) is 7.65. The summed E-state index contributed by atoms with van der Waals surface area (Å²) in [7, 11) is 1.43. The van der Waals surface area contributed by atoms with Crippen molar-refractivity contribution >= 4 is 5.97 Å². The smallest absolute Gasteiger partial charge is 0.305 e. The second-order valence-electron chi connectivity index (χ2n) is 7.19. The van der Waals surface area contributed by atoms with E-state index in [9.17, 15) is 4.79 Å². The van der Waals surface area contributed by atoms with Crippen LogP contribution >= 0.6 is 0 Å². The fourth-order valence-corrected chi connectivity index (χ4v) is 3.22. The van der Waals surface area contributed by atoms with Crippen LogP contribution < -0.4 is 5.73 Å². The van der Waals surface area contributed by atoms with Gasteiger partial charge in [-0.25, -0.2) is 0 Å². The standard InChI is InChI=1S/C16H31NO2/c1-16(2,3)13-7-5-12(6-8-13)11-14(17)9-10-15(18)19-4/h12-14H,5-11,17H2,1-4H3. The van der Waals surface area contributed by atoms with Gasteiger partial charge in [0.15, 0.2) is 0 Å². The van der Waals surface area contributed by atoms with Gasteiger partial charge in [0.2, 0.25) is 0 Å². The second kappa shape index (κ2) is 7.28. The van der Waals surface area contributed by atoms with Crippen LogP contribution in [0.1, 0.15) is 65.7 Å². The van der Waals surface area contributed by atoms with Gasteiger partial charge in [-0.05, 0) is 42.9 Å². The molecule has 1 unspecified atom stereocenters. The van der Waals surface area contributed by atoms with Crippen LogP contribution in [0.3, 0.4) is 0 Å². The highest BCUT2D eigenvalue weighted by Crippen LogP contribution is 2.40. The molecular formula is C16H31NO2. The molecule has 3 heteroatoms. The summed E-state index contributed by atoms with van der Waals surface area (Å²) < 4.78 is 4.65. The van der Waals surface area contributed by atoms with Crippen molar-refractivity contribution in [1.29, 1.82) is 0 Å². The van der Waals surface area contributed by atoms with E-state index in [2.05, 4.69) is 25.5 Å². The molecule has 0 saturated heterocycles. The van der Waals surface area contributed by atoms with Gasteiger partial charge in [-0.3, -0.25) is 4.79 Å². The van der Waals surface area contributed by atoms with Crippen molar-refractivity contribution in [2.45, 2.75) is 71.8 Å². The molecule has 0 radical (unpaired) electrons. The van der Waals surface area contributed by atoms with E-state index in [1.165, 1.54) is 32.8 Å². The predicted molar refractivity (Wildman–Crippen MR) is 78.7 cm³/mol. The predicted octanol–water partition coefficient (Wildman–Crippen LogP) is 3.51. The van der Waals surface area contributed by atoms with Crippen LogP contribution in [0.5, 0.6) is 0 Å². The van der Waals surface area contributed by atoms with Crippen molar-refractivity contribution in [1.82, 2.24) is 0 Å². The first-order valence-corrected chi connectivity index (χ1v) is 7.65. The first kappa shape index (κ1) is 16.5. The van der Waals surface area contributed by atoms with Crippen molar-refractivity contribution in [3.63, 3.8) is 0 Å². The Morgan fingerprint density at radius 2 is 1.84 bits per heavy atom. The molecule has 0 aromatic carbocycles. The van der Waals surface area contributed by atoms with E-state index in [1.807, 2.05) is 0 Å². The van der Waals surface area contributed by atoms with Gasteiger partial charge in [0, 0.05) is 12.5 Å². The normalized spacial score (nSPS) is 25.9. The average molecular weight is 269 g/mol. The lowest BCUT2D eigenvalue weighted by atomic mass is 9.69. The molecule has 2 N–H and O–H groups in total. The summed E-state index contributed by atoms with van der Waals surface area (Å²) in [4.78, 5) is 11.1. The zero-order chi connectivity index (χ0) is 14.5. The molecule has 0 aromatic rings. The van der Waals surface area contributed by atoms with Crippen LogP contribution in [0, 0.1) is 17.3 Å². The maximum atomic E-state index is 11.1. The largest absolute Gasteiger partial charge is 0.469 e. The third-order valence-electron chi connectivity index (χ3n) is 4.65. The van der Waals surface area contributed by atoms with E-state index in [1.54, 1.807) is 0 Å². The van der Waals surface area contributed by atoms with Crippen LogP contribution in [-0.2, 0) is 9.53 Å². The van der Waals surface area contributed by atoms with Crippen LogP contribution in [0.15, 0.2) is 0 Å². The lowest BCUT2D eigenvalue weighted by Crippen LogP contribution is -2.30. The van der Waals surface area contributed by atoms with Gasteiger partial charge in [0.1, 0.15) is 0 Å². The summed E-state index contributed by atoms with van der Waals surface area (Å²) in [5, 5.41) is 0. The average Bonchev–Trinajstić information content (AvgIpc) is 2.35. The molecule has 1 fully saturated rings. The zero-order valence-corrected chi connectivity index (χ0v) is 13.1. The minimum Gasteiger partial charge on any atom is -0.469 e. The molecule has 0 aliphatic heterocycles. The van der Waals surface area contributed by atoms with E-state index >= 15 is 0 Å². The van der Waals surface area contributed by atoms with E-state index in [4.69, 9.17) is 5.73 Å². The first-order chi connectivity index (χ1) is 8.82. The van der Waals surface area contributed by atoms with Crippen molar-refractivity contribution in [2.24, 2.45) is 23.0 Å². The quantitative estimate of drug-likeness (QED) is 0.777. The highest BCUT2D eigenvalue weighted by molar-refractivity contribution is 5.69. The van der Waals surface area contributed by atoms with Gasteiger partial charge in [-0.1, -0.05) is 33.6 Å². The van der Waals surface area contributed by atoms with E-state index in [0.29, 0.717) is 11.8 Å². The van der Waals surface area contributed by atoms with Crippen molar-refractivity contribution in [2.75, 3.05) is 7.11 Å². The molecule has 1 aliphatic carbocycles. The number of nitrogens with two attached hydrogens (primary N) is 1. The van der Waals surface area contributed by atoms with Gasteiger partial charge in [0.05, 0.1) is 7.11 Å². The van der Waals surface area contributed by atoms with Crippen LogP contribution in [0.25, 0.3) is 0 Å². The lowest BCUT2D eigenvalue weighted by Gasteiger charge is -2.37. The molecule has 1 atom stereocenters. The van der Waals surface area contributed by atoms with Gasteiger partial charge in [-0.2, -0.15) is 0 Å². The lowest BCUT2D eigenvalue weighted by molar-refractivity contribution is -0.140. The maximum absolute atomic E-state index is 11.1. The molecule has 0 aromatic heterocycles. The fraction of sp³-hybridized carbons (Fsp3) is 0.938. The zero-order valence-electron chi connectivity index (χ0n) is 13.1. The molecule has 1 rings (SSSR count). The molecule has 1 aliphatic rings. The number of hydrogen-bond donors (Lipinski definition) is 1. The summed E-state index contributed by atoms with van der Waals surface area (Å²) in [6.45, 7) is 7.04. The van der Waals surface area contributed by atoms with Gasteiger partial charge in [-0.15, -0.1) is 0 Å². The van der Waals surface area contributed by atoms with Gasteiger partial charge < -0.3 is 10.5 Å². The number of rotatable bonds is 5. The SMILES string of the molecule is COC(=O)CCC(N)CC1CCC(C(C)(C)C)CC1. The monoisotopic (exact) mass is 269 g/mol. The minimum absolute atomic E-state index is 0.146. The maximum Gasteiger partial charge on any atom is 0.305 e. The molecule has 0 amide bonds. The summed E-state index contributed by atoms with van der Waals surface area (Å²) in [5.41, 5.74) is 6.56. The van der Waals surface area contributed by atoms with Crippen molar-refractivity contribution in [3.05, 3.63) is 0 Å². The summed E-state index contributed by atoms with van der Waals surface area (Å²) in [6, 6.07) is 0.148. The van der Waals surface area contributed by atoms with E-state index < -0.39 is 0 Å². The van der Waals surface area contributed by atoms with E-state index in [-0.39, 0.29) is 12.0 Å². The minimum atomic E-state index is -0.146. The fourth-order valence-electron chi connectivity index (χ4n) is 3.22. The molecule has 19 heavy (non-hydrogen) atoms. The van der Waals surface area contributed by atoms with Gasteiger partial charge in [0.25, 0.3) is 0 Å². The van der Waals surface area contributed by atoms with Crippen molar-refractivity contribution < 1.29 is 9.53 Å². The Morgan fingerprint density at radius 1 is 1.26 bits per heavy atom. The summed E-state index contributed by atoms with van der Waals surface area (Å²) in [5.74, 6) is 1.47.